The van der Waals surface area contributed by atoms with Crippen LogP contribution in [-0.4, -0.2) is 34.2 Å². The molecule has 30 heavy (non-hydrogen) atoms. The molecule has 0 aliphatic carbocycles. The van der Waals surface area contributed by atoms with Gasteiger partial charge < -0.3 is 5.32 Å². The number of amidine groups is 1. The summed E-state index contributed by atoms with van der Waals surface area (Å²) in [4.78, 5) is 32.4. The maximum Gasteiger partial charge on any atom is 0.265 e. The number of carbonyl (C=O) groups excluding carboxylic acids is 2. The lowest BCUT2D eigenvalue weighted by Crippen LogP contribution is -2.32. The first kappa shape index (κ1) is 20.7. The highest BCUT2D eigenvalue weighted by atomic mass is 35.5. The summed E-state index contributed by atoms with van der Waals surface area (Å²) in [6, 6.07) is 18.4. The first-order chi connectivity index (χ1) is 14.6. The summed E-state index contributed by atoms with van der Waals surface area (Å²) >= 11 is 9.16. The third-order valence-electron chi connectivity index (χ3n) is 4.47. The number of nitrogens with zero attached hydrogens (tertiary/aromatic N) is 2. The molecule has 2 amide bonds. The summed E-state index contributed by atoms with van der Waals surface area (Å²) in [6.07, 6.45) is 0. The molecule has 5 nitrogen and oxygen atoms in total. The minimum absolute atomic E-state index is 0.157. The number of nitrogens with one attached hydrogen (secondary N) is 1. The zero-order chi connectivity index (χ0) is 20.9. The van der Waals surface area contributed by atoms with Crippen molar-refractivity contribution in [2.45, 2.75) is 6.54 Å². The van der Waals surface area contributed by atoms with Gasteiger partial charge in [-0.1, -0.05) is 59.8 Å². The number of benzene rings is 2. The van der Waals surface area contributed by atoms with E-state index in [1.165, 1.54) is 11.3 Å². The number of rotatable bonds is 5. The molecular weight excluding hydrogens is 438 g/mol. The molecule has 0 atom stereocenters. The van der Waals surface area contributed by atoms with Crippen LogP contribution in [0, 0.1) is 0 Å². The standard InChI is InChI=1S/C22H18ClN3O2S2/c23-17-9-8-16(13-18(17)25-20(27)19-7-4-11-29-19)21(28)26-10-12-30-22(26)24-14-15-5-2-1-3-6-15/h1-9,11,13H,10,12,14H2,(H,25,27). The van der Waals surface area contributed by atoms with Gasteiger partial charge in [-0.15, -0.1) is 11.3 Å². The fourth-order valence-electron chi connectivity index (χ4n) is 2.97. The molecule has 152 valence electrons. The van der Waals surface area contributed by atoms with Crippen LogP contribution in [0.5, 0.6) is 0 Å². The van der Waals surface area contributed by atoms with E-state index in [1.54, 1.807) is 40.9 Å². The molecular formula is C22H18ClN3O2S2. The zero-order valence-electron chi connectivity index (χ0n) is 15.9. The van der Waals surface area contributed by atoms with Crippen LogP contribution < -0.4 is 5.32 Å². The molecule has 0 unspecified atom stereocenters. The van der Waals surface area contributed by atoms with Crippen molar-refractivity contribution in [3.8, 4) is 0 Å². The van der Waals surface area contributed by atoms with Crippen molar-refractivity contribution >= 4 is 57.4 Å². The predicted molar refractivity (Wildman–Crippen MR) is 125 cm³/mol. The Morgan fingerprint density at radius 3 is 2.70 bits per heavy atom. The van der Waals surface area contributed by atoms with Gasteiger partial charge in [0, 0.05) is 17.9 Å². The van der Waals surface area contributed by atoms with Crippen molar-refractivity contribution in [2.24, 2.45) is 4.99 Å². The van der Waals surface area contributed by atoms with E-state index in [9.17, 15) is 9.59 Å². The quantitative estimate of drug-likeness (QED) is 0.560. The summed E-state index contributed by atoms with van der Waals surface area (Å²) < 4.78 is 0. The smallest absolute Gasteiger partial charge is 0.265 e. The molecule has 3 aromatic rings. The summed E-state index contributed by atoms with van der Waals surface area (Å²) in [5.74, 6) is 0.392. The second kappa shape index (κ2) is 9.47. The fraction of sp³-hybridized carbons (Fsp3) is 0.136. The van der Waals surface area contributed by atoms with E-state index in [-0.39, 0.29) is 11.8 Å². The number of thioether (sulfide) groups is 1. The maximum atomic E-state index is 13.1. The van der Waals surface area contributed by atoms with E-state index in [1.807, 2.05) is 41.8 Å². The maximum absolute atomic E-state index is 13.1. The van der Waals surface area contributed by atoms with Gasteiger partial charge in [0.25, 0.3) is 11.8 Å². The monoisotopic (exact) mass is 455 g/mol. The number of carbonyl (C=O) groups is 2. The molecule has 8 heteroatoms. The Bertz CT molecular complexity index is 1090. The average Bonchev–Trinajstić information content (AvgIpc) is 3.46. The largest absolute Gasteiger partial charge is 0.320 e. The highest BCUT2D eigenvalue weighted by Crippen LogP contribution is 2.27. The first-order valence-electron chi connectivity index (χ1n) is 9.29. The second-order valence-corrected chi connectivity index (χ2v) is 8.93. The van der Waals surface area contributed by atoms with Crippen molar-refractivity contribution in [1.82, 2.24) is 4.90 Å². The summed E-state index contributed by atoms with van der Waals surface area (Å²) in [6.45, 7) is 1.12. The molecule has 1 aliphatic heterocycles. The molecule has 0 spiro atoms. The van der Waals surface area contributed by atoms with Crippen LogP contribution in [0.1, 0.15) is 25.6 Å². The van der Waals surface area contributed by atoms with Gasteiger partial charge in [-0.3, -0.25) is 19.5 Å². The Hall–Kier alpha value is -2.61. The Kier molecular flexibility index (Phi) is 6.52. The molecule has 2 aromatic carbocycles. The van der Waals surface area contributed by atoms with Gasteiger partial charge in [0.1, 0.15) is 0 Å². The third-order valence-corrected chi connectivity index (χ3v) is 6.66. The van der Waals surface area contributed by atoms with E-state index < -0.39 is 0 Å². The zero-order valence-corrected chi connectivity index (χ0v) is 18.3. The van der Waals surface area contributed by atoms with Gasteiger partial charge in [-0.2, -0.15) is 0 Å². The van der Waals surface area contributed by atoms with Crippen molar-refractivity contribution in [3.63, 3.8) is 0 Å². The van der Waals surface area contributed by atoms with Crippen molar-refractivity contribution in [1.29, 1.82) is 0 Å². The number of anilines is 1. The first-order valence-corrected chi connectivity index (χ1v) is 11.5. The van der Waals surface area contributed by atoms with Crippen molar-refractivity contribution in [2.75, 3.05) is 17.6 Å². The van der Waals surface area contributed by atoms with Gasteiger partial charge in [0.15, 0.2) is 5.17 Å². The van der Waals surface area contributed by atoms with Crippen molar-refractivity contribution < 1.29 is 9.59 Å². The summed E-state index contributed by atoms with van der Waals surface area (Å²) in [5.41, 5.74) is 1.96. The van der Waals surface area contributed by atoms with Gasteiger partial charge in [0.05, 0.1) is 22.1 Å². The second-order valence-electron chi connectivity index (χ2n) is 6.52. The van der Waals surface area contributed by atoms with E-state index in [0.717, 1.165) is 11.3 Å². The average molecular weight is 456 g/mol. The number of hydrogen-bond acceptors (Lipinski definition) is 5. The Morgan fingerprint density at radius 2 is 1.93 bits per heavy atom. The number of aliphatic imine (C=N–C) groups is 1. The highest BCUT2D eigenvalue weighted by Gasteiger charge is 2.27. The lowest BCUT2D eigenvalue weighted by molar-refractivity contribution is 0.0858. The van der Waals surface area contributed by atoms with Crippen LogP contribution >= 0.6 is 34.7 Å². The molecule has 1 fully saturated rings. The molecule has 1 saturated heterocycles. The van der Waals surface area contributed by atoms with Crippen LogP contribution in [0.4, 0.5) is 5.69 Å². The van der Waals surface area contributed by atoms with Crippen LogP contribution in [0.25, 0.3) is 0 Å². The van der Waals surface area contributed by atoms with E-state index in [2.05, 4.69) is 10.3 Å². The third kappa shape index (κ3) is 4.75. The van der Waals surface area contributed by atoms with Gasteiger partial charge in [-0.05, 0) is 35.2 Å². The van der Waals surface area contributed by atoms with Crippen molar-refractivity contribution in [3.05, 3.63) is 87.1 Å². The number of amides is 2. The Morgan fingerprint density at radius 1 is 1.10 bits per heavy atom. The Balaban J connectivity index is 1.51. The Labute approximate surface area is 187 Å². The minimum atomic E-state index is -0.252. The summed E-state index contributed by atoms with van der Waals surface area (Å²) in [7, 11) is 0. The minimum Gasteiger partial charge on any atom is -0.320 e. The molecule has 1 aliphatic rings. The molecule has 0 radical (unpaired) electrons. The normalized spacial score (nSPS) is 14.8. The van der Waals surface area contributed by atoms with E-state index in [0.29, 0.717) is 39.4 Å². The van der Waals surface area contributed by atoms with Crippen LogP contribution in [0.2, 0.25) is 5.02 Å². The molecule has 0 saturated carbocycles. The van der Waals surface area contributed by atoms with Gasteiger partial charge in [-0.25, -0.2) is 0 Å². The fourth-order valence-corrected chi connectivity index (χ4v) is 4.69. The van der Waals surface area contributed by atoms with Crippen LogP contribution in [0.15, 0.2) is 71.0 Å². The van der Waals surface area contributed by atoms with Gasteiger partial charge >= 0.3 is 0 Å². The molecule has 1 aromatic heterocycles. The number of hydrogen-bond donors (Lipinski definition) is 1. The van der Waals surface area contributed by atoms with E-state index in [4.69, 9.17) is 11.6 Å². The predicted octanol–water partition coefficient (Wildman–Crippen LogP) is 5.40. The van der Waals surface area contributed by atoms with Gasteiger partial charge in [0.2, 0.25) is 0 Å². The summed E-state index contributed by atoms with van der Waals surface area (Å²) in [5, 5.41) is 5.71. The lowest BCUT2D eigenvalue weighted by atomic mass is 10.1. The molecule has 2 heterocycles. The highest BCUT2D eigenvalue weighted by molar-refractivity contribution is 8.14. The SMILES string of the molecule is O=C(Nc1cc(C(=O)N2CCSC2=NCc2ccccc2)ccc1Cl)c1cccs1. The molecule has 0 bridgehead atoms. The van der Waals surface area contributed by atoms with Crippen LogP contribution in [0.3, 0.4) is 0 Å². The number of halogens is 1. The molecule has 1 N–H and O–H groups in total. The topological polar surface area (TPSA) is 61.8 Å². The van der Waals surface area contributed by atoms with E-state index >= 15 is 0 Å². The van der Waals surface area contributed by atoms with Crippen LogP contribution in [-0.2, 0) is 6.54 Å². The molecule has 4 rings (SSSR count). The lowest BCUT2D eigenvalue weighted by Gasteiger charge is -2.17. The number of thiophene rings is 1.